The Morgan fingerprint density at radius 2 is 1.74 bits per heavy atom. The van der Waals surface area contributed by atoms with E-state index < -0.39 is 23.6 Å². The topological polar surface area (TPSA) is 107 Å². The van der Waals surface area contributed by atoms with Crippen molar-refractivity contribution in [2.24, 2.45) is 11.7 Å². The molecule has 0 radical (unpaired) electrons. The van der Waals surface area contributed by atoms with Gasteiger partial charge in [0, 0.05) is 18.4 Å². The van der Waals surface area contributed by atoms with Gasteiger partial charge >= 0.3 is 5.97 Å². The number of nitrogens with two attached hydrogens (primary N) is 1. The number of primary amides is 1. The fraction of sp³-hybridized carbons (Fsp3) is 0.720. The first-order valence-electron chi connectivity index (χ1n) is 11.7. The maximum absolute atomic E-state index is 12.0. The number of aliphatic hydroxyl groups is 1. The van der Waals surface area contributed by atoms with E-state index in [1.165, 1.54) is 19.8 Å². The van der Waals surface area contributed by atoms with Gasteiger partial charge in [0.15, 0.2) is 5.60 Å². The number of aliphatic hydroxyl groups excluding tert-OH is 1. The number of amides is 1. The molecule has 6 heteroatoms. The zero-order valence-corrected chi connectivity index (χ0v) is 19.5. The Hall–Kier alpha value is -1.95. The van der Waals surface area contributed by atoms with Gasteiger partial charge in [-0.2, -0.15) is 0 Å². The van der Waals surface area contributed by atoms with Crippen LogP contribution < -0.4 is 5.73 Å². The highest BCUT2D eigenvalue weighted by atomic mass is 16.6. The lowest BCUT2D eigenvalue weighted by molar-refractivity contribution is -0.167. The Balaban J connectivity index is 4.19. The highest BCUT2D eigenvalue weighted by Gasteiger charge is 2.40. The minimum Gasteiger partial charge on any atom is -0.446 e. The lowest BCUT2D eigenvalue weighted by atomic mass is 9.89. The van der Waals surface area contributed by atoms with Crippen LogP contribution in [0.15, 0.2) is 24.8 Å². The van der Waals surface area contributed by atoms with Crippen LogP contribution in [0.25, 0.3) is 0 Å². The summed E-state index contributed by atoms with van der Waals surface area (Å²) in [6, 6.07) is 0. The van der Waals surface area contributed by atoms with Crippen molar-refractivity contribution in [3.63, 3.8) is 0 Å². The van der Waals surface area contributed by atoms with E-state index in [0.29, 0.717) is 6.42 Å². The summed E-state index contributed by atoms with van der Waals surface area (Å²) >= 11 is 0. The smallest absolute Gasteiger partial charge is 0.331 e. The summed E-state index contributed by atoms with van der Waals surface area (Å²) in [7, 11) is 0. The van der Waals surface area contributed by atoms with Crippen LogP contribution in [-0.2, 0) is 19.1 Å². The largest absolute Gasteiger partial charge is 0.446 e. The van der Waals surface area contributed by atoms with Crippen LogP contribution in [0.5, 0.6) is 0 Å². The summed E-state index contributed by atoms with van der Waals surface area (Å²) < 4.78 is 5.26. The first-order chi connectivity index (χ1) is 14.8. The summed E-state index contributed by atoms with van der Waals surface area (Å²) in [6.07, 6.45) is 16.7. The number of hydrogen-bond acceptors (Lipinski definition) is 5. The molecule has 0 spiro atoms. The fourth-order valence-corrected chi connectivity index (χ4v) is 3.69. The van der Waals surface area contributed by atoms with E-state index in [1.54, 1.807) is 0 Å². The van der Waals surface area contributed by atoms with E-state index in [4.69, 9.17) is 10.5 Å². The normalized spacial score (nSPS) is 15.2. The number of hydrogen-bond donors (Lipinski definition) is 2. The summed E-state index contributed by atoms with van der Waals surface area (Å²) in [5.41, 5.74) is 4.01. The van der Waals surface area contributed by atoms with Gasteiger partial charge in [-0.1, -0.05) is 57.8 Å². The first kappa shape index (κ1) is 29.1. The second kappa shape index (κ2) is 17.7. The van der Waals surface area contributed by atoms with E-state index in [9.17, 15) is 19.5 Å². The SMILES string of the molecule is C=CC(=O)OC(CCCCCCC=CCCC(C=O)CCCCC)(CC(C)O)C(N)=O. The van der Waals surface area contributed by atoms with Gasteiger partial charge in [0.25, 0.3) is 5.91 Å². The molecule has 1 amide bonds. The number of carbonyl (C=O) groups excluding carboxylic acids is 3. The van der Waals surface area contributed by atoms with E-state index in [0.717, 1.165) is 63.7 Å². The Labute approximate surface area is 188 Å². The number of ether oxygens (including phenoxy) is 1. The lowest BCUT2D eigenvalue weighted by Gasteiger charge is -2.31. The number of aldehydes is 1. The molecule has 0 saturated carbocycles. The molecule has 0 aromatic rings. The third-order valence-electron chi connectivity index (χ3n) is 5.48. The Morgan fingerprint density at radius 3 is 2.32 bits per heavy atom. The van der Waals surface area contributed by atoms with E-state index in [1.807, 2.05) is 0 Å². The molecule has 3 unspecified atom stereocenters. The van der Waals surface area contributed by atoms with Crippen molar-refractivity contribution >= 4 is 18.2 Å². The van der Waals surface area contributed by atoms with E-state index in [2.05, 4.69) is 25.7 Å². The van der Waals surface area contributed by atoms with Crippen LogP contribution in [0.1, 0.15) is 97.3 Å². The minimum absolute atomic E-state index is 0.0229. The lowest BCUT2D eigenvalue weighted by Crippen LogP contribution is -2.49. The van der Waals surface area contributed by atoms with Crippen molar-refractivity contribution in [1.29, 1.82) is 0 Å². The Kier molecular flexibility index (Phi) is 16.6. The summed E-state index contributed by atoms with van der Waals surface area (Å²) in [5.74, 6) is -1.28. The van der Waals surface area contributed by atoms with Crippen LogP contribution in [-0.4, -0.2) is 35.0 Å². The molecule has 0 rings (SSSR count). The van der Waals surface area contributed by atoms with Crippen molar-refractivity contribution in [2.75, 3.05) is 0 Å². The molecular formula is C25H43NO5. The summed E-state index contributed by atoms with van der Waals surface area (Å²) in [4.78, 5) is 34.7. The highest BCUT2D eigenvalue weighted by Crippen LogP contribution is 2.26. The molecule has 0 aromatic carbocycles. The van der Waals surface area contributed by atoms with E-state index >= 15 is 0 Å². The van der Waals surface area contributed by atoms with Crippen LogP contribution in [0, 0.1) is 5.92 Å². The van der Waals surface area contributed by atoms with Gasteiger partial charge in [0.05, 0.1) is 6.10 Å². The molecule has 0 saturated heterocycles. The summed E-state index contributed by atoms with van der Waals surface area (Å²) in [6.45, 7) is 7.06. The molecule has 0 aromatic heterocycles. The molecule has 178 valence electrons. The molecule has 0 fully saturated rings. The Morgan fingerprint density at radius 1 is 1.06 bits per heavy atom. The van der Waals surface area contributed by atoms with Crippen LogP contribution >= 0.6 is 0 Å². The number of esters is 1. The molecule has 31 heavy (non-hydrogen) atoms. The first-order valence-corrected chi connectivity index (χ1v) is 11.7. The standard InChI is InChI=1S/C25H43NO5/c1-4-6-13-16-22(20-27)17-14-11-9-7-8-10-12-15-18-25(24(26)30,19-21(3)28)31-23(29)5-2/h5,9,11,20-22,28H,2,4,6-8,10,12-19H2,1,3H3,(H2,26,30). The van der Waals surface area contributed by atoms with Gasteiger partial charge < -0.3 is 20.4 Å². The van der Waals surface area contributed by atoms with Gasteiger partial charge in [-0.25, -0.2) is 4.79 Å². The number of rotatable bonds is 20. The molecule has 0 heterocycles. The van der Waals surface area contributed by atoms with E-state index in [-0.39, 0.29) is 18.8 Å². The van der Waals surface area contributed by atoms with Crippen molar-refractivity contribution < 1.29 is 24.2 Å². The minimum atomic E-state index is -1.49. The van der Waals surface area contributed by atoms with Gasteiger partial charge in [-0.05, 0) is 51.9 Å². The van der Waals surface area contributed by atoms with Crippen molar-refractivity contribution in [1.82, 2.24) is 0 Å². The Bertz CT molecular complexity index is 558. The third-order valence-corrected chi connectivity index (χ3v) is 5.48. The second-order valence-corrected chi connectivity index (χ2v) is 8.43. The van der Waals surface area contributed by atoms with Crippen LogP contribution in [0.3, 0.4) is 0 Å². The van der Waals surface area contributed by atoms with Crippen molar-refractivity contribution in [3.05, 3.63) is 24.8 Å². The quantitative estimate of drug-likeness (QED) is 0.0937. The van der Waals surface area contributed by atoms with Gasteiger partial charge in [-0.15, -0.1) is 0 Å². The average Bonchev–Trinajstić information content (AvgIpc) is 2.72. The molecular weight excluding hydrogens is 394 g/mol. The zero-order chi connectivity index (χ0) is 23.5. The van der Waals surface area contributed by atoms with Crippen LogP contribution in [0.4, 0.5) is 0 Å². The van der Waals surface area contributed by atoms with Gasteiger partial charge in [0.2, 0.25) is 0 Å². The van der Waals surface area contributed by atoms with Crippen LogP contribution in [0.2, 0.25) is 0 Å². The maximum Gasteiger partial charge on any atom is 0.331 e. The molecule has 0 aliphatic rings. The summed E-state index contributed by atoms with van der Waals surface area (Å²) in [5, 5.41) is 9.72. The molecule has 3 atom stereocenters. The van der Waals surface area contributed by atoms with Gasteiger partial charge in [0.1, 0.15) is 6.29 Å². The average molecular weight is 438 g/mol. The van der Waals surface area contributed by atoms with Crippen molar-refractivity contribution in [2.45, 2.75) is 109 Å². The third kappa shape index (κ3) is 13.9. The number of unbranched alkanes of at least 4 members (excludes halogenated alkanes) is 6. The molecule has 6 nitrogen and oxygen atoms in total. The number of carbonyl (C=O) groups is 3. The fourth-order valence-electron chi connectivity index (χ4n) is 3.69. The monoisotopic (exact) mass is 437 g/mol. The molecule has 0 bridgehead atoms. The predicted octanol–water partition coefficient (Wildman–Crippen LogP) is 4.78. The van der Waals surface area contributed by atoms with Gasteiger partial charge in [-0.3, -0.25) is 4.79 Å². The highest BCUT2D eigenvalue weighted by molar-refractivity contribution is 5.89. The zero-order valence-electron chi connectivity index (χ0n) is 19.5. The molecule has 3 N–H and O–H groups in total. The predicted molar refractivity (Wildman–Crippen MR) is 124 cm³/mol. The molecule has 0 aliphatic carbocycles. The molecule has 0 aliphatic heterocycles. The van der Waals surface area contributed by atoms with Crippen molar-refractivity contribution in [3.8, 4) is 0 Å². The number of allylic oxidation sites excluding steroid dienone is 2. The second-order valence-electron chi connectivity index (χ2n) is 8.43. The maximum atomic E-state index is 12.0.